The Kier molecular flexibility index (Phi) is 9.29. The largest absolute Gasteiger partial charge is 0.381 e. The number of rotatable bonds is 9. The van der Waals surface area contributed by atoms with Gasteiger partial charge in [0, 0.05) is 19.8 Å². The van der Waals surface area contributed by atoms with Crippen molar-refractivity contribution in [1.29, 1.82) is 0 Å². The van der Waals surface area contributed by atoms with Crippen molar-refractivity contribution in [2.75, 3.05) is 19.8 Å². The Morgan fingerprint density at radius 2 is 1.79 bits per heavy atom. The maximum Gasteiger partial charge on any atom is 0.0568 e. The zero-order chi connectivity index (χ0) is 10.8. The van der Waals surface area contributed by atoms with Gasteiger partial charge >= 0.3 is 0 Å². The topological polar surface area (TPSA) is 70.5 Å². The molecule has 0 aromatic carbocycles. The maximum atomic E-state index is 5.49. The second-order valence-electron chi connectivity index (χ2n) is 3.53. The molecule has 0 amide bonds. The highest BCUT2D eigenvalue weighted by atomic mass is 16.5. The van der Waals surface area contributed by atoms with Crippen LogP contribution in [0.5, 0.6) is 0 Å². The minimum atomic E-state index is -0.265. The highest BCUT2D eigenvalue weighted by Crippen LogP contribution is 1.99. The SMILES string of the molecule is CCCOCCC(C)OCCC(N)N. The van der Waals surface area contributed by atoms with E-state index in [2.05, 4.69) is 6.92 Å². The summed E-state index contributed by atoms with van der Waals surface area (Å²) in [5.41, 5.74) is 10.8. The van der Waals surface area contributed by atoms with Crippen LogP contribution in [0.2, 0.25) is 0 Å². The third kappa shape index (κ3) is 9.92. The van der Waals surface area contributed by atoms with Crippen LogP contribution in [0.1, 0.15) is 33.1 Å². The lowest BCUT2D eigenvalue weighted by molar-refractivity contribution is 0.0289. The van der Waals surface area contributed by atoms with E-state index < -0.39 is 0 Å². The average molecular weight is 204 g/mol. The fraction of sp³-hybridized carbons (Fsp3) is 1.00. The van der Waals surface area contributed by atoms with E-state index in [9.17, 15) is 0 Å². The molecular weight excluding hydrogens is 180 g/mol. The second kappa shape index (κ2) is 9.40. The number of nitrogens with two attached hydrogens (primary N) is 2. The summed E-state index contributed by atoms with van der Waals surface area (Å²) in [5.74, 6) is 0. The van der Waals surface area contributed by atoms with Crippen LogP contribution in [0, 0.1) is 0 Å². The van der Waals surface area contributed by atoms with E-state index in [1.807, 2.05) is 6.92 Å². The molecule has 0 heterocycles. The monoisotopic (exact) mass is 204 g/mol. The lowest BCUT2D eigenvalue weighted by Crippen LogP contribution is -2.32. The van der Waals surface area contributed by atoms with Crippen molar-refractivity contribution in [2.24, 2.45) is 11.5 Å². The van der Waals surface area contributed by atoms with Gasteiger partial charge in [0.1, 0.15) is 0 Å². The molecule has 0 saturated carbocycles. The van der Waals surface area contributed by atoms with Crippen LogP contribution >= 0.6 is 0 Å². The number of hydrogen-bond donors (Lipinski definition) is 2. The smallest absolute Gasteiger partial charge is 0.0568 e. The fourth-order valence-electron chi connectivity index (χ4n) is 0.984. The van der Waals surface area contributed by atoms with E-state index in [-0.39, 0.29) is 12.3 Å². The molecular formula is C10H24N2O2. The predicted octanol–water partition coefficient (Wildman–Crippen LogP) is 0.842. The lowest BCUT2D eigenvalue weighted by Gasteiger charge is -2.13. The Bertz CT molecular complexity index is 121. The molecule has 0 spiro atoms. The van der Waals surface area contributed by atoms with Gasteiger partial charge in [0.2, 0.25) is 0 Å². The Morgan fingerprint density at radius 3 is 2.36 bits per heavy atom. The molecule has 0 aliphatic heterocycles. The van der Waals surface area contributed by atoms with Gasteiger partial charge in [-0.3, -0.25) is 0 Å². The van der Waals surface area contributed by atoms with Gasteiger partial charge in [0.25, 0.3) is 0 Å². The van der Waals surface area contributed by atoms with Crippen molar-refractivity contribution >= 4 is 0 Å². The molecule has 4 N–H and O–H groups in total. The molecule has 0 radical (unpaired) electrons. The van der Waals surface area contributed by atoms with E-state index in [0.29, 0.717) is 13.0 Å². The van der Waals surface area contributed by atoms with Crippen LogP contribution in [-0.2, 0) is 9.47 Å². The van der Waals surface area contributed by atoms with Crippen LogP contribution in [0.4, 0.5) is 0 Å². The first-order valence-corrected chi connectivity index (χ1v) is 5.37. The second-order valence-corrected chi connectivity index (χ2v) is 3.53. The molecule has 86 valence electrons. The lowest BCUT2D eigenvalue weighted by atomic mass is 10.3. The van der Waals surface area contributed by atoms with Gasteiger partial charge in [-0.05, 0) is 26.2 Å². The van der Waals surface area contributed by atoms with Gasteiger partial charge in [-0.15, -0.1) is 0 Å². The molecule has 0 aliphatic carbocycles. The van der Waals surface area contributed by atoms with E-state index >= 15 is 0 Å². The van der Waals surface area contributed by atoms with Gasteiger partial charge in [-0.25, -0.2) is 0 Å². The van der Waals surface area contributed by atoms with E-state index in [1.54, 1.807) is 0 Å². The molecule has 0 saturated heterocycles. The molecule has 0 aromatic heterocycles. The quantitative estimate of drug-likeness (QED) is 0.431. The van der Waals surface area contributed by atoms with Crippen molar-refractivity contribution in [1.82, 2.24) is 0 Å². The molecule has 0 rings (SSSR count). The first-order valence-electron chi connectivity index (χ1n) is 5.37. The first-order chi connectivity index (χ1) is 6.66. The van der Waals surface area contributed by atoms with Crippen LogP contribution in [0.25, 0.3) is 0 Å². The van der Waals surface area contributed by atoms with E-state index in [4.69, 9.17) is 20.9 Å². The van der Waals surface area contributed by atoms with Crippen molar-refractivity contribution in [3.05, 3.63) is 0 Å². The zero-order valence-electron chi connectivity index (χ0n) is 9.37. The van der Waals surface area contributed by atoms with Gasteiger partial charge in [-0.2, -0.15) is 0 Å². The molecule has 0 aliphatic rings. The summed E-state index contributed by atoms with van der Waals surface area (Å²) in [6.45, 7) is 6.37. The van der Waals surface area contributed by atoms with Crippen molar-refractivity contribution < 1.29 is 9.47 Å². The van der Waals surface area contributed by atoms with Gasteiger partial charge in [0.15, 0.2) is 0 Å². The predicted molar refractivity (Wildman–Crippen MR) is 57.9 cm³/mol. The summed E-state index contributed by atoms with van der Waals surface area (Å²) in [5, 5.41) is 0. The van der Waals surface area contributed by atoms with Crippen LogP contribution in [0.3, 0.4) is 0 Å². The van der Waals surface area contributed by atoms with Crippen LogP contribution in [-0.4, -0.2) is 32.1 Å². The minimum absolute atomic E-state index is 0.227. The Balaban J connectivity index is 3.15. The summed E-state index contributed by atoms with van der Waals surface area (Å²) in [4.78, 5) is 0. The van der Waals surface area contributed by atoms with Gasteiger partial charge < -0.3 is 20.9 Å². The molecule has 0 bridgehead atoms. The third-order valence-electron chi connectivity index (χ3n) is 1.87. The number of ether oxygens (including phenoxy) is 2. The Labute approximate surface area is 86.9 Å². The molecule has 1 unspecified atom stereocenters. The number of hydrogen-bond acceptors (Lipinski definition) is 4. The Hall–Kier alpha value is -0.160. The minimum Gasteiger partial charge on any atom is -0.381 e. The molecule has 4 nitrogen and oxygen atoms in total. The summed E-state index contributed by atoms with van der Waals surface area (Å²) < 4.78 is 10.8. The summed E-state index contributed by atoms with van der Waals surface area (Å²) in [7, 11) is 0. The zero-order valence-corrected chi connectivity index (χ0v) is 9.37. The molecule has 4 heteroatoms. The van der Waals surface area contributed by atoms with E-state index in [0.717, 1.165) is 26.1 Å². The fourth-order valence-corrected chi connectivity index (χ4v) is 0.984. The average Bonchev–Trinajstić information content (AvgIpc) is 2.12. The molecule has 1 atom stereocenters. The summed E-state index contributed by atoms with van der Waals surface area (Å²) in [6, 6.07) is 0. The highest BCUT2D eigenvalue weighted by Gasteiger charge is 2.02. The normalized spacial score (nSPS) is 13.5. The van der Waals surface area contributed by atoms with Gasteiger partial charge in [-0.1, -0.05) is 6.92 Å². The third-order valence-corrected chi connectivity index (χ3v) is 1.87. The summed E-state index contributed by atoms with van der Waals surface area (Å²) in [6.07, 6.45) is 2.67. The van der Waals surface area contributed by atoms with Gasteiger partial charge in [0.05, 0.1) is 12.3 Å². The molecule has 0 aromatic rings. The van der Waals surface area contributed by atoms with Crippen molar-refractivity contribution in [3.8, 4) is 0 Å². The van der Waals surface area contributed by atoms with Crippen LogP contribution < -0.4 is 11.5 Å². The summed E-state index contributed by atoms with van der Waals surface area (Å²) >= 11 is 0. The molecule has 0 fully saturated rings. The van der Waals surface area contributed by atoms with Crippen molar-refractivity contribution in [2.45, 2.75) is 45.4 Å². The van der Waals surface area contributed by atoms with Crippen LogP contribution in [0.15, 0.2) is 0 Å². The van der Waals surface area contributed by atoms with Crippen molar-refractivity contribution in [3.63, 3.8) is 0 Å². The standard InChI is InChI=1S/C10H24N2O2/c1-3-6-13-7-4-9(2)14-8-5-10(11)12/h9-10H,3-8,11-12H2,1-2H3. The first kappa shape index (κ1) is 13.8. The Morgan fingerprint density at radius 1 is 1.07 bits per heavy atom. The highest BCUT2D eigenvalue weighted by molar-refractivity contribution is 4.53. The van der Waals surface area contributed by atoms with E-state index in [1.165, 1.54) is 0 Å². The maximum absolute atomic E-state index is 5.49. The molecule has 14 heavy (non-hydrogen) atoms.